The number of hydrogen-bond donors (Lipinski definition) is 0. The van der Waals surface area contributed by atoms with Crippen molar-refractivity contribution in [1.29, 1.82) is 0 Å². The number of rotatable bonds is 5. The van der Waals surface area contributed by atoms with E-state index in [0.29, 0.717) is 6.61 Å². The highest BCUT2D eigenvalue weighted by molar-refractivity contribution is 9.25. The van der Waals surface area contributed by atoms with Crippen LogP contribution in [-0.2, 0) is 9.53 Å². The van der Waals surface area contributed by atoms with E-state index in [0.717, 1.165) is 12.8 Å². The lowest BCUT2D eigenvalue weighted by Gasteiger charge is -2.02. The summed E-state index contributed by atoms with van der Waals surface area (Å²) < 4.78 is 4.43. The van der Waals surface area contributed by atoms with Crippen molar-refractivity contribution in [3.8, 4) is 0 Å². The van der Waals surface area contributed by atoms with Gasteiger partial charge in [-0.15, -0.1) is 6.58 Å². The van der Waals surface area contributed by atoms with Gasteiger partial charge in [0.15, 0.2) is 3.74 Å². The SMILES string of the molecule is C=CCCCOC(=O)C(Br)Br. The Bertz CT molecular complexity index is 134. The molecule has 0 aliphatic rings. The van der Waals surface area contributed by atoms with Crippen molar-refractivity contribution >= 4 is 37.8 Å². The zero-order valence-corrected chi connectivity index (χ0v) is 9.23. The summed E-state index contributed by atoms with van der Waals surface area (Å²) in [5.41, 5.74) is 0. The van der Waals surface area contributed by atoms with E-state index in [4.69, 9.17) is 4.74 Å². The highest BCUT2D eigenvalue weighted by Gasteiger charge is 2.10. The number of halogens is 2. The summed E-state index contributed by atoms with van der Waals surface area (Å²) in [6.45, 7) is 4.01. The van der Waals surface area contributed by atoms with Gasteiger partial charge in [-0.25, -0.2) is 4.79 Å². The Morgan fingerprint density at radius 2 is 2.27 bits per heavy atom. The predicted molar refractivity (Wildman–Crippen MR) is 52.0 cm³/mol. The zero-order valence-electron chi connectivity index (χ0n) is 6.06. The first-order valence-corrected chi connectivity index (χ1v) is 5.07. The molecule has 0 saturated heterocycles. The Morgan fingerprint density at radius 3 is 2.73 bits per heavy atom. The lowest BCUT2D eigenvalue weighted by atomic mass is 10.3. The van der Waals surface area contributed by atoms with Crippen molar-refractivity contribution in [3.05, 3.63) is 12.7 Å². The number of alkyl halides is 2. The lowest BCUT2D eigenvalue weighted by Crippen LogP contribution is -2.12. The van der Waals surface area contributed by atoms with E-state index in [-0.39, 0.29) is 5.97 Å². The molecule has 11 heavy (non-hydrogen) atoms. The van der Waals surface area contributed by atoms with Crippen LogP contribution < -0.4 is 0 Å². The van der Waals surface area contributed by atoms with Gasteiger partial charge in [0.25, 0.3) is 0 Å². The summed E-state index contributed by atoms with van der Waals surface area (Å²) in [5, 5.41) is 0. The molecular weight excluding hydrogens is 276 g/mol. The molecule has 0 bridgehead atoms. The molecule has 2 nitrogen and oxygen atoms in total. The van der Waals surface area contributed by atoms with Crippen LogP contribution in [0.15, 0.2) is 12.7 Å². The second-order valence-electron chi connectivity index (χ2n) is 1.90. The molecule has 0 amide bonds. The number of allylic oxidation sites excluding steroid dienone is 1. The molecule has 0 heterocycles. The van der Waals surface area contributed by atoms with Crippen molar-refractivity contribution in [2.45, 2.75) is 16.6 Å². The molecule has 0 unspecified atom stereocenters. The lowest BCUT2D eigenvalue weighted by molar-refractivity contribution is -0.141. The summed E-state index contributed by atoms with van der Waals surface area (Å²) in [7, 11) is 0. The molecule has 0 atom stereocenters. The van der Waals surface area contributed by atoms with Gasteiger partial charge in [0.05, 0.1) is 6.61 Å². The third-order valence-electron chi connectivity index (χ3n) is 0.975. The van der Waals surface area contributed by atoms with E-state index in [1.165, 1.54) is 0 Å². The van der Waals surface area contributed by atoms with Crippen LogP contribution in [0, 0.1) is 0 Å². The Labute approximate surface area is 83.2 Å². The molecule has 0 saturated carbocycles. The van der Waals surface area contributed by atoms with Gasteiger partial charge < -0.3 is 4.74 Å². The normalized spacial score (nSPS) is 9.73. The van der Waals surface area contributed by atoms with Crippen LogP contribution in [-0.4, -0.2) is 16.3 Å². The van der Waals surface area contributed by atoms with E-state index in [1.54, 1.807) is 6.08 Å². The monoisotopic (exact) mass is 284 g/mol. The van der Waals surface area contributed by atoms with Gasteiger partial charge >= 0.3 is 5.97 Å². The summed E-state index contributed by atoms with van der Waals surface area (Å²) in [6, 6.07) is 0. The fourth-order valence-electron chi connectivity index (χ4n) is 0.463. The number of unbranched alkanes of at least 4 members (excludes halogenated alkanes) is 1. The van der Waals surface area contributed by atoms with Crippen LogP contribution in [0.1, 0.15) is 12.8 Å². The average Bonchev–Trinajstić information content (AvgIpc) is 1.97. The first-order valence-electron chi connectivity index (χ1n) is 3.24. The maximum Gasteiger partial charge on any atom is 0.330 e. The number of carbonyl (C=O) groups excluding carboxylic acids is 1. The minimum atomic E-state index is -0.390. The predicted octanol–water partition coefficient (Wildman–Crippen LogP) is 2.61. The molecule has 4 heteroatoms. The summed E-state index contributed by atoms with van der Waals surface area (Å²) in [6.07, 6.45) is 3.51. The minimum absolute atomic E-state index is 0.283. The summed E-state index contributed by atoms with van der Waals surface area (Å²) >= 11 is 6.06. The Balaban J connectivity index is 3.24. The molecule has 0 radical (unpaired) electrons. The summed E-state index contributed by atoms with van der Waals surface area (Å²) in [4.78, 5) is 10.8. The van der Waals surface area contributed by atoms with Crippen LogP contribution in [0.25, 0.3) is 0 Å². The third-order valence-corrected chi connectivity index (χ3v) is 1.72. The van der Waals surface area contributed by atoms with Crippen molar-refractivity contribution in [2.75, 3.05) is 6.61 Å². The topological polar surface area (TPSA) is 26.3 Å². The molecular formula is C7H10Br2O2. The molecule has 0 aromatic heterocycles. The van der Waals surface area contributed by atoms with Gasteiger partial charge in [0, 0.05) is 0 Å². The van der Waals surface area contributed by atoms with Crippen molar-refractivity contribution < 1.29 is 9.53 Å². The van der Waals surface area contributed by atoms with E-state index >= 15 is 0 Å². The smallest absolute Gasteiger partial charge is 0.330 e. The van der Waals surface area contributed by atoms with E-state index in [2.05, 4.69) is 38.4 Å². The number of hydrogen-bond acceptors (Lipinski definition) is 2. The second kappa shape index (κ2) is 6.85. The molecule has 0 rings (SSSR count). The van der Waals surface area contributed by atoms with Crippen LogP contribution in [0.4, 0.5) is 0 Å². The number of ether oxygens (including phenoxy) is 1. The zero-order chi connectivity index (χ0) is 8.69. The first-order chi connectivity index (χ1) is 5.18. The van der Waals surface area contributed by atoms with E-state index in [9.17, 15) is 4.79 Å². The molecule has 0 aliphatic heterocycles. The first kappa shape index (κ1) is 11.2. The fourth-order valence-corrected chi connectivity index (χ4v) is 0.728. The van der Waals surface area contributed by atoms with E-state index in [1.807, 2.05) is 0 Å². The minimum Gasteiger partial charge on any atom is -0.464 e. The molecule has 0 aliphatic carbocycles. The molecule has 64 valence electrons. The van der Waals surface area contributed by atoms with Gasteiger partial charge in [0.2, 0.25) is 0 Å². The van der Waals surface area contributed by atoms with Gasteiger partial charge in [-0.1, -0.05) is 37.9 Å². The fraction of sp³-hybridized carbons (Fsp3) is 0.571. The van der Waals surface area contributed by atoms with Crippen molar-refractivity contribution in [3.63, 3.8) is 0 Å². The van der Waals surface area contributed by atoms with E-state index < -0.39 is 3.74 Å². The number of carbonyl (C=O) groups is 1. The highest BCUT2D eigenvalue weighted by Crippen LogP contribution is 2.09. The maximum absolute atomic E-state index is 10.8. The van der Waals surface area contributed by atoms with Crippen LogP contribution >= 0.6 is 31.9 Å². The number of esters is 1. The molecule has 0 fully saturated rings. The molecule has 0 aromatic carbocycles. The average molecular weight is 286 g/mol. The molecule has 0 aromatic rings. The highest BCUT2D eigenvalue weighted by atomic mass is 79.9. The van der Waals surface area contributed by atoms with Crippen molar-refractivity contribution in [2.24, 2.45) is 0 Å². The van der Waals surface area contributed by atoms with Crippen LogP contribution in [0.2, 0.25) is 0 Å². The van der Waals surface area contributed by atoms with Crippen LogP contribution in [0.5, 0.6) is 0 Å². The molecule has 0 spiro atoms. The largest absolute Gasteiger partial charge is 0.464 e. The maximum atomic E-state index is 10.8. The Kier molecular flexibility index (Phi) is 6.96. The third kappa shape index (κ3) is 6.56. The van der Waals surface area contributed by atoms with Gasteiger partial charge in [-0.3, -0.25) is 0 Å². The summed E-state index contributed by atoms with van der Waals surface area (Å²) in [5.74, 6) is -0.283. The Morgan fingerprint density at radius 1 is 1.64 bits per heavy atom. The van der Waals surface area contributed by atoms with Crippen LogP contribution in [0.3, 0.4) is 0 Å². The van der Waals surface area contributed by atoms with Gasteiger partial charge in [0.1, 0.15) is 0 Å². The van der Waals surface area contributed by atoms with Gasteiger partial charge in [-0.05, 0) is 12.8 Å². The quantitative estimate of drug-likeness (QED) is 0.336. The van der Waals surface area contributed by atoms with Crippen molar-refractivity contribution in [1.82, 2.24) is 0 Å². The Hall–Kier alpha value is 0.170. The van der Waals surface area contributed by atoms with Gasteiger partial charge in [-0.2, -0.15) is 0 Å². The standard InChI is InChI=1S/C7H10Br2O2/c1-2-3-4-5-11-7(10)6(8)9/h2,6H,1,3-5H2. The molecule has 0 N–H and O–H groups in total. The second-order valence-corrected chi connectivity index (χ2v) is 4.96.